The number of rotatable bonds is 6. The van der Waals surface area contributed by atoms with Crippen LogP contribution in [0.2, 0.25) is 0 Å². The van der Waals surface area contributed by atoms with E-state index in [1.807, 2.05) is 0 Å². The minimum absolute atomic E-state index is 0.625. The molecule has 2 nitrogen and oxygen atoms in total. The molecule has 0 rings (SSSR count). The maximum absolute atomic E-state index is 3.40. The first-order valence-corrected chi connectivity index (χ1v) is 4.70. The minimum Gasteiger partial charge on any atom is -0.313 e. The number of nitrogens with one attached hydrogen (secondary N) is 1. The highest BCUT2D eigenvalue weighted by Gasteiger charge is 2.04. The van der Waals surface area contributed by atoms with Gasteiger partial charge in [0.05, 0.1) is 0 Å². The third-order valence-electron chi connectivity index (χ3n) is 1.98. The summed E-state index contributed by atoms with van der Waals surface area (Å²) in [7, 11) is 0. The second-order valence-corrected chi connectivity index (χ2v) is 2.94. The van der Waals surface area contributed by atoms with Crippen molar-refractivity contribution >= 4 is 0 Å². The average Bonchev–Trinajstić information content (AvgIpc) is 2.01. The van der Waals surface area contributed by atoms with E-state index in [4.69, 9.17) is 0 Å². The van der Waals surface area contributed by atoms with Crippen molar-refractivity contribution < 1.29 is 0 Å². The van der Waals surface area contributed by atoms with Crippen LogP contribution in [0, 0.1) is 0 Å². The Bertz CT molecular complexity index is 79.6. The molecule has 1 unspecified atom stereocenters. The monoisotopic (exact) mass is 158 g/mol. The Hall–Kier alpha value is -0.0800. The van der Waals surface area contributed by atoms with Crippen molar-refractivity contribution in [1.82, 2.24) is 10.2 Å². The molecule has 1 atom stereocenters. The predicted molar refractivity (Wildman–Crippen MR) is 50.9 cm³/mol. The Kier molecular flexibility index (Phi) is 6.57. The van der Waals surface area contributed by atoms with Gasteiger partial charge >= 0.3 is 0 Å². The molecule has 0 amide bonds. The van der Waals surface area contributed by atoms with Gasteiger partial charge in [0.1, 0.15) is 0 Å². The van der Waals surface area contributed by atoms with E-state index in [-0.39, 0.29) is 0 Å². The zero-order chi connectivity index (χ0) is 8.69. The molecular weight excluding hydrogens is 136 g/mol. The SMILES string of the molecule is CCNC(C)CN(CC)CC. The second-order valence-electron chi connectivity index (χ2n) is 2.94. The van der Waals surface area contributed by atoms with E-state index in [1.165, 1.54) is 6.54 Å². The minimum atomic E-state index is 0.625. The Morgan fingerprint density at radius 1 is 1.18 bits per heavy atom. The van der Waals surface area contributed by atoms with Gasteiger partial charge in [0.25, 0.3) is 0 Å². The Balaban J connectivity index is 3.44. The largest absolute Gasteiger partial charge is 0.313 e. The fourth-order valence-electron chi connectivity index (χ4n) is 1.28. The van der Waals surface area contributed by atoms with E-state index >= 15 is 0 Å². The average molecular weight is 158 g/mol. The van der Waals surface area contributed by atoms with E-state index in [2.05, 4.69) is 37.9 Å². The van der Waals surface area contributed by atoms with Crippen molar-refractivity contribution in [1.29, 1.82) is 0 Å². The van der Waals surface area contributed by atoms with Gasteiger partial charge in [-0.05, 0) is 26.6 Å². The van der Waals surface area contributed by atoms with Crippen LogP contribution in [0.15, 0.2) is 0 Å². The summed E-state index contributed by atoms with van der Waals surface area (Å²) < 4.78 is 0. The summed E-state index contributed by atoms with van der Waals surface area (Å²) in [5, 5.41) is 3.40. The van der Waals surface area contributed by atoms with Gasteiger partial charge in [0.2, 0.25) is 0 Å². The Morgan fingerprint density at radius 3 is 2.09 bits per heavy atom. The van der Waals surface area contributed by atoms with E-state index in [0.717, 1.165) is 19.6 Å². The van der Waals surface area contributed by atoms with Crippen molar-refractivity contribution in [3.05, 3.63) is 0 Å². The molecule has 0 aromatic carbocycles. The molecule has 0 aliphatic carbocycles. The Labute approximate surface area is 71.0 Å². The summed E-state index contributed by atoms with van der Waals surface area (Å²) in [6.45, 7) is 13.4. The fourth-order valence-corrected chi connectivity index (χ4v) is 1.28. The number of nitrogens with zero attached hydrogens (tertiary/aromatic N) is 1. The first-order chi connectivity index (χ1) is 5.24. The third-order valence-corrected chi connectivity index (χ3v) is 1.98. The third kappa shape index (κ3) is 5.22. The maximum atomic E-state index is 3.40. The maximum Gasteiger partial charge on any atom is 0.0166 e. The predicted octanol–water partition coefficient (Wildman–Crippen LogP) is 1.33. The standard InChI is InChI=1S/C9H22N2/c1-5-10-9(4)8-11(6-2)7-3/h9-10H,5-8H2,1-4H3. The molecule has 2 heteroatoms. The van der Waals surface area contributed by atoms with Gasteiger partial charge in [0, 0.05) is 12.6 Å². The van der Waals surface area contributed by atoms with Crippen molar-refractivity contribution in [2.75, 3.05) is 26.2 Å². The van der Waals surface area contributed by atoms with Crippen LogP contribution in [0.1, 0.15) is 27.7 Å². The molecule has 0 aliphatic rings. The molecule has 0 aliphatic heterocycles. The molecular formula is C9H22N2. The molecule has 0 fully saturated rings. The molecule has 0 bridgehead atoms. The van der Waals surface area contributed by atoms with E-state index in [9.17, 15) is 0 Å². The molecule has 11 heavy (non-hydrogen) atoms. The summed E-state index contributed by atoms with van der Waals surface area (Å²) in [5.41, 5.74) is 0. The van der Waals surface area contributed by atoms with Crippen molar-refractivity contribution in [3.63, 3.8) is 0 Å². The fraction of sp³-hybridized carbons (Fsp3) is 1.00. The molecule has 0 radical (unpaired) electrons. The van der Waals surface area contributed by atoms with Crippen LogP contribution in [0.4, 0.5) is 0 Å². The Morgan fingerprint density at radius 2 is 1.73 bits per heavy atom. The molecule has 1 N–H and O–H groups in total. The zero-order valence-corrected chi connectivity index (χ0v) is 8.35. The molecule has 0 heterocycles. The summed E-state index contributed by atoms with van der Waals surface area (Å²) in [4.78, 5) is 2.44. The van der Waals surface area contributed by atoms with E-state index in [0.29, 0.717) is 6.04 Å². The van der Waals surface area contributed by atoms with Gasteiger partial charge in [-0.1, -0.05) is 20.8 Å². The lowest BCUT2D eigenvalue weighted by Gasteiger charge is -2.22. The van der Waals surface area contributed by atoms with Crippen LogP contribution >= 0.6 is 0 Å². The highest BCUT2D eigenvalue weighted by molar-refractivity contribution is 4.64. The number of hydrogen-bond acceptors (Lipinski definition) is 2. The summed E-state index contributed by atoms with van der Waals surface area (Å²) in [6.07, 6.45) is 0. The summed E-state index contributed by atoms with van der Waals surface area (Å²) in [6, 6.07) is 0.625. The smallest absolute Gasteiger partial charge is 0.0166 e. The molecule has 0 aromatic rings. The lowest BCUT2D eigenvalue weighted by atomic mass is 10.3. The number of hydrogen-bond donors (Lipinski definition) is 1. The molecule has 0 spiro atoms. The van der Waals surface area contributed by atoms with Crippen molar-refractivity contribution in [2.45, 2.75) is 33.7 Å². The first-order valence-electron chi connectivity index (χ1n) is 4.70. The van der Waals surface area contributed by atoms with Crippen molar-refractivity contribution in [2.24, 2.45) is 0 Å². The zero-order valence-electron chi connectivity index (χ0n) is 8.35. The van der Waals surface area contributed by atoms with Crippen LogP contribution in [-0.4, -0.2) is 37.1 Å². The van der Waals surface area contributed by atoms with Crippen LogP contribution in [0.3, 0.4) is 0 Å². The van der Waals surface area contributed by atoms with E-state index < -0.39 is 0 Å². The van der Waals surface area contributed by atoms with Crippen molar-refractivity contribution in [3.8, 4) is 0 Å². The van der Waals surface area contributed by atoms with Crippen LogP contribution in [0.5, 0.6) is 0 Å². The quantitative estimate of drug-likeness (QED) is 0.627. The molecule has 0 aromatic heterocycles. The lowest BCUT2D eigenvalue weighted by Crippen LogP contribution is -2.38. The molecule has 0 saturated heterocycles. The van der Waals surface area contributed by atoms with Gasteiger partial charge in [0.15, 0.2) is 0 Å². The molecule has 68 valence electrons. The highest BCUT2D eigenvalue weighted by Crippen LogP contribution is 1.90. The topological polar surface area (TPSA) is 15.3 Å². The van der Waals surface area contributed by atoms with Gasteiger partial charge < -0.3 is 10.2 Å². The number of likely N-dealkylation sites (N-methyl/N-ethyl adjacent to an activating group) is 2. The van der Waals surface area contributed by atoms with Gasteiger partial charge in [-0.25, -0.2) is 0 Å². The van der Waals surface area contributed by atoms with Gasteiger partial charge in [-0.2, -0.15) is 0 Å². The summed E-state index contributed by atoms with van der Waals surface area (Å²) >= 11 is 0. The van der Waals surface area contributed by atoms with Crippen LogP contribution in [0.25, 0.3) is 0 Å². The second kappa shape index (κ2) is 6.62. The lowest BCUT2D eigenvalue weighted by molar-refractivity contribution is 0.273. The highest BCUT2D eigenvalue weighted by atomic mass is 15.1. The molecule has 0 saturated carbocycles. The van der Waals surface area contributed by atoms with Gasteiger partial charge in [-0.15, -0.1) is 0 Å². The normalized spacial score (nSPS) is 13.9. The first kappa shape index (κ1) is 10.9. The summed E-state index contributed by atoms with van der Waals surface area (Å²) in [5.74, 6) is 0. The van der Waals surface area contributed by atoms with Gasteiger partial charge in [-0.3, -0.25) is 0 Å². The van der Waals surface area contributed by atoms with Crippen LogP contribution < -0.4 is 5.32 Å². The van der Waals surface area contributed by atoms with E-state index in [1.54, 1.807) is 0 Å². The van der Waals surface area contributed by atoms with Crippen LogP contribution in [-0.2, 0) is 0 Å².